The molecule has 0 radical (unpaired) electrons. The summed E-state index contributed by atoms with van der Waals surface area (Å²) < 4.78 is 0. The van der Waals surface area contributed by atoms with Crippen molar-refractivity contribution < 1.29 is 14.7 Å². The first-order valence-electron chi connectivity index (χ1n) is 4.83. The van der Waals surface area contributed by atoms with Crippen LogP contribution in [0.3, 0.4) is 0 Å². The minimum atomic E-state index is -0.894. The van der Waals surface area contributed by atoms with Gasteiger partial charge in [-0.1, -0.05) is 18.2 Å². The first-order chi connectivity index (χ1) is 7.61. The Bertz CT molecular complexity index is 412. The molecule has 4 nitrogen and oxygen atoms in total. The summed E-state index contributed by atoms with van der Waals surface area (Å²) in [5.74, 6) is -1.06. The molecule has 2 N–H and O–H groups in total. The van der Waals surface area contributed by atoms with E-state index in [0.29, 0.717) is 11.3 Å². The number of benzene rings is 1. The minimum absolute atomic E-state index is 0.0504. The predicted octanol–water partition coefficient (Wildman–Crippen LogP) is 1.83. The molecule has 1 amide bonds. The highest BCUT2D eigenvalue weighted by Gasteiger charge is 2.03. The van der Waals surface area contributed by atoms with E-state index in [0.717, 1.165) is 0 Å². The van der Waals surface area contributed by atoms with Crippen LogP contribution < -0.4 is 5.32 Å². The van der Waals surface area contributed by atoms with Crippen LogP contribution in [-0.2, 0) is 16.0 Å². The molecule has 0 heterocycles. The standard InChI is InChI=1S/C12H13NO3/c1-2-4-11(14)13-10-6-3-5-9(7-10)8-12(15)16/h2-3,5-7H,1,4,8H2,(H,13,14)(H,15,16). The van der Waals surface area contributed by atoms with Gasteiger partial charge in [-0.05, 0) is 17.7 Å². The lowest BCUT2D eigenvalue weighted by molar-refractivity contribution is -0.136. The van der Waals surface area contributed by atoms with Crippen LogP contribution in [0.5, 0.6) is 0 Å². The minimum Gasteiger partial charge on any atom is -0.481 e. The fourth-order valence-corrected chi connectivity index (χ4v) is 1.28. The van der Waals surface area contributed by atoms with Crippen molar-refractivity contribution in [3.8, 4) is 0 Å². The van der Waals surface area contributed by atoms with Gasteiger partial charge in [-0.2, -0.15) is 0 Å². The number of hydrogen-bond acceptors (Lipinski definition) is 2. The van der Waals surface area contributed by atoms with Gasteiger partial charge in [0.15, 0.2) is 0 Å². The predicted molar refractivity (Wildman–Crippen MR) is 61.2 cm³/mol. The molecule has 0 saturated carbocycles. The van der Waals surface area contributed by atoms with E-state index in [2.05, 4.69) is 11.9 Å². The van der Waals surface area contributed by atoms with Crippen molar-refractivity contribution in [3.05, 3.63) is 42.5 Å². The van der Waals surface area contributed by atoms with Gasteiger partial charge in [0.05, 0.1) is 6.42 Å². The van der Waals surface area contributed by atoms with Gasteiger partial charge in [-0.3, -0.25) is 9.59 Å². The Morgan fingerprint density at radius 1 is 1.44 bits per heavy atom. The van der Waals surface area contributed by atoms with Crippen LogP contribution in [0.2, 0.25) is 0 Å². The van der Waals surface area contributed by atoms with Crippen LogP contribution in [0.15, 0.2) is 36.9 Å². The van der Waals surface area contributed by atoms with E-state index in [4.69, 9.17) is 5.11 Å². The zero-order valence-corrected chi connectivity index (χ0v) is 8.77. The summed E-state index contributed by atoms with van der Waals surface area (Å²) in [5, 5.41) is 11.3. The third-order valence-electron chi connectivity index (χ3n) is 1.90. The molecule has 1 aromatic rings. The Hall–Kier alpha value is -2.10. The number of anilines is 1. The normalized spacial score (nSPS) is 9.50. The number of aliphatic carboxylic acids is 1. The smallest absolute Gasteiger partial charge is 0.307 e. The first-order valence-corrected chi connectivity index (χ1v) is 4.83. The van der Waals surface area contributed by atoms with Crippen LogP contribution in [0.4, 0.5) is 5.69 Å². The zero-order valence-electron chi connectivity index (χ0n) is 8.77. The van der Waals surface area contributed by atoms with E-state index in [1.54, 1.807) is 24.3 Å². The average molecular weight is 219 g/mol. The van der Waals surface area contributed by atoms with Crippen molar-refractivity contribution in [1.82, 2.24) is 0 Å². The molecule has 0 saturated heterocycles. The molecule has 0 atom stereocenters. The summed E-state index contributed by atoms with van der Waals surface area (Å²) in [4.78, 5) is 21.8. The van der Waals surface area contributed by atoms with Crippen LogP contribution in [0.25, 0.3) is 0 Å². The molecule has 1 aromatic carbocycles. The second kappa shape index (κ2) is 5.70. The molecule has 16 heavy (non-hydrogen) atoms. The number of amides is 1. The van der Waals surface area contributed by atoms with Gasteiger partial charge in [-0.15, -0.1) is 6.58 Å². The van der Waals surface area contributed by atoms with E-state index in [1.807, 2.05) is 0 Å². The van der Waals surface area contributed by atoms with Gasteiger partial charge in [0.25, 0.3) is 0 Å². The Morgan fingerprint density at radius 3 is 2.81 bits per heavy atom. The summed E-state index contributed by atoms with van der Waals surface area (Å²) in [6.45, 7) is 3.46. The van der Waals surface area contributed by atoms with E-state index in [9.17, 15) is 9.59 Å². The quantitative estimate of drug-likeness (QED) is 0.742. The van der Waals surface area contributed by atoms with Gasteiger partial charge in [0, 0.05) is 12.1 Å². The van der Waals surface area contributed by atoms with Crippen molar-refractivity contribution in [2.75, 3.05) is 5.32 Å². The Morgan fingerprint density at radius 2 is 2.19 bits per heavy atom. The van der Waals surface area contributed by atoms with Gasteiger partial charge in [0.2, 0.25) is 5.91 Å². The van der Waals surface area contributed by atoms with Gasteiger partial charge in [0.1, 0.15) is 0 Å². The monoisotopic (exact) mass is 219 g/mol. The second-order valence-corrected chi connectivity index (χ2v) is 3.31. The maximum absolute atomic E-state index is 11.2. The van der Waals surface area contributed by atoms with Crippen molar-refractivity contribution in [1.29, 1.82) is 0 Å². The number of carbonyl (C=O) groups is 2. The Labute approximate surface area is 93.6 Å². The summed E-state index contributed by atoms with van der Waals surface area (Å²) in [5.41, 5.74) is 1.26. The number of carboxylic acid groups (broad SMARTS) is 1. The number of carbonyl (C=O) groups excluding carboxylic acids is 1. The summed E-state index contributed by atoms with van der Waals surface area (Å²) >= 11 is 0. The van der Waals surface area contributed by atoms with Crippen molar-refractivity contribution in [2.45, 2.75) is 12.8 Å². The van der Waals surface area contributed by atoms with Crippen molar-refractivity contribution in [2.24, 2.45) is 0 Å². The molecule has 0 spiro atoms. The maximum Gasteiger partial charge on any atom is 0.307 e. The van der Waals surface area contributed by atoms with Gasteiger partial charge in [-0.25, -0.2) is 0 Å². The van der Waals surface area contributed by atoms with E-state index in [-0.39, 0.29) is 18.7 Å². The molecular weight excluding hydrogens is 206 g/mol. The zero-order chi connectivity index (χ0) is 12.0. The highest BCUT2D eigenvalue weighted by atomic mass is 16.4. The molecular formula is C12H13NO3. The molecule has 0 aliphatic heterocycles. The Kier molecular flexibility index (Phi) is 4.27. The molecule has 0 aliphatic rings. The fraction of sp³-hybridized carbons (Fsp3) is 0.167. The maximum atomic E-state index is 11.2. The second-order valence-electron chi connectivity index (χ2n) is 3.31. The summed E-state index contributed by atoms with van der Waals surface area (Å²) in [6.07, 6.45) is 1.70. The van der Waals surface area contributed by atoms with Gasteiger partial charge < -0.3 is 10.4 Å². The molecule has 0 unspecified atom stereocenters. The Balaban J connectivity index is 2.70. The summed E-state index contributed by atoms with van der Waals surface area (Å²) in [7, 11) is 0. The molecule has 0 fully saturated rings. The number of nitrogens with one attached hydrogen (secondary N) is 1. The SMILES string of the molecule is C=CCC(=O)Nc1cccc(CC(=O)O)c1. The summed E-state index contributed by atoms with van der Waals surface area (Å²) in [6, 6.07) is 6.78. The molecule has 84 valence electrons. The number of rotatable bonds is 5. The van der Waals surface area contributed by atoms with Crippen LogP contribution >= 0.6 is 0 Å². The highest BCUT2D eigenvalue weighted by molar-refractivity contribution is 5.91. The lowest BCUT2D eigenvalue weighted by Crippen LogP contribution is -2.10. The molecule has 1 rings (SSSR count). The fourth-order valence-electron chi connectivity index (χ4n) is 1.28. The lowest BCUT2D eigenvalue weighted by Gasteiger charge is -2.05. The van der Waals surface area contributed by atoms with E-state index >= 15 is 0 Å². The average Bonchev–Trinajstić information content (AvgIpc) is 2.17. The topological polar surface area (TPSA) is 66.4 Å². The van der Waals surface area contributed by atoms with Crippen molar-refractivity contribution >= 4 is 17.6 Å². The number of hydrogen-bond donors (Lipinski definition) is 2. The molecule has 0 bridgehead atoms. The van der Waals surface area contributed by atoms with Crippen molar-refractivity contribution in [3.63, 3.8) is 0 Å². The van der Waals surface area contributed by atoms with Crippen LogP contribution in [0.1, 0.15) is 12.0 Å². The first kappa shape index (κ1) is 12.0. The van der Waals surface area contributed by atoms with E-state index < -0.39 is 5.97 Å². The van der Waals surface area contributed by atoms with Gasteiger partial charge >= 0.3 is 5.97 Å². The largest absolute Gasteiger partial charge is 0.481 e. The third kappa shape index (κ3) is 3.96. The van der Waals surface area contributed by atoms with Crippen LogP contribution in [-0.4, -0.2) is 17.0 Å². The van der Waals surface area contributed by atoms with E-state index in [1.165, 1.54) is 6.08 Å². The highest BCUT2D eigenvalue weighted by Crippen LogP contribution is 2.11. The van der Waals surface area contributed by atoms with Crippen LogP contribution in [0, 0.1) is 0 Å². The number of carboxylic acids is 1. The third-order valence-corrected chi connectivity index (χ3v) is 1.90. The lowest BCUT2D eigenvalue weighted by atomic mass is 10.1. The molecule has 0 aliphatic carbocycles. The molecule has 4 heteroatoms. The molecule has 0 aromatic heterocycles.